The summed E-state index contributed by atoms with van der Waals surface area (Å²) in [4.78, 5) is 34.9. The van der Waals surface area contributed by atoms with E-state index in [2.05, 4.69) is 49.7 Å². The molecule has 2 fully saturated rings. The number of carbonyl (C=O) groups excluding carboxylic acids is 2. The molecular formula is C21H32N6O2. The van der Waals surface area contributed by atoms with Gasteiger partial charge in [0.1, 0.15) is 5.54 Å². The number of para-hydroxylation sites is 1. The number of aliphatic imine (C=N–C) groups is 1. The number of hydrogen-bond acceptors (Lipinski definition) is 4. The minimum atomic E-state index is -0.765. The molecule has 1 aromatic rings. The Bertz CT molecular complexity index is 745. The summed E-state index contributed by atoms with van der Waals surface area (Å²) < 4.78 is 0. The first-order valence-electron chi connectivity index (χ1n) is 10.4. The van der Waals surface area contributed by atoms with Gasteiger partial charge in [-0.15, -0.1) is 0 Å². The Morgan fingerprint density at radius 1 is 1.17 bits per heavy atom. The molecular weight excluding hydrogens is 368 g/mol. The van der Waals surface area contributed by atoms with Gasteiger partial charge in [-0.05, 0) is 31.9 Å². The average Bonchev–Trinajstić information content (AvgIpc) is 2.98. The van der Waals surface area contributed by atoms with E-state index in [-0.39, 0.29) is 11.9 Å². The van der Waals surface area contributed by atoms with Crippen molar-refractivity contribution in [2.24, 2.45) is 4.99 Å². The van der Waals surface area contributed by atoms with Crippen LogP contribution in [0.4, 0.5) is 10.5 Å². The van der Waals surface area contributed by atoms with Crippen molar-refractivity contribution in [1.82, 2.24) is 20.4 Å². The number of nitrogens with zero attached hydrogens (tertiary/aromatic N) is 4. The van der Waals surface area contributed by atoms with E-state index in [4.69, 9.17) is 0 Å². The van der Waals surface area contributed by atoms with Gasteiger partial charge in [-0.25, -0.2) is 4.79 Å². The van der Waals surface area contributed by atoms with Crippen LogP contribution in [-0.2, 0) is 4.79 Å². The maximum absolute atomic E-state index is 12.4. The number of anilines is 1. The van der Waals surface area contributed by atoms with Crippen molar-refractivity contribution in [1.29, 1.82) is 0 Å². The van der Waals surface area contributed by atoms with Crippen LogP contribution < -0.4 is 15.5 Å². The van der Waals surface area contributed by atoms with Crippen molar-refractivity contribution in [3.05, 3.63) is 30.3 Å². The fraction of sp³-hybridized carbons (Fsp3) is 0.571. The molecule has 2 N–H and O–H groups in total. The summed E-state index contributed by atoms with van der Waals surface area (Å²) in [5, 5.41) is 6.16. The molecule has 2 aliphatic rings. The molecule has 0 saturated carbocycles. The number of amides is 3. The molecule has 2 heterocycles. The summed E-state index contributed by atoms with van der Waals surface area (Å²) in [7, 11) is 1.79. The first-order valence-corrected chi connectivity index (χ1v) is 10.4. The van der Waals surface area contributed by atoms with Crippen LogP contribution in [0, 0.1) is 0 Å². The number of imide groups is 1. The zero-order chi connectivity index (χ0) is 20.9. The van der Waals surface area contributed by atoms with E-state index in [1.165, 1.54) is 10.6 Å². The van der Waals surface area contributed by atoms with Crippen LogP contribution in [0.5, 0.6) is 0 Å². The number of benzene rings is 1. The molecule has 0 aliphatic carbocycles. The number of urea groups is 1. The lowest BCUT2D eigenvalue weighted by Crippen LogP contribution is -2.52. The van der Waals surface area contributed by atoms with Crippen molar-refractivity contribution in [3.8, 4) is 0 Å². The largest absolute Gasteiger partial charge is 0.368 e. The normalized spacial score (nSPS) is 22.9. The molecule has 3 amide bonds. The van der Waals surface area contributed by atoms with Crippen molar-refractivity contribution in [2.75, 3.05) is 51.2 Å². The van der Waals surface area contributed by atoms with E-state index >= 15 is 0 Å². The fourth-order valence-corrected chi connectivity index (χ4v) is 3.77. The van der Waals surface area contributed by atoms with Crippen LogP contribution in [0.25, 0.3) is 0 Å². The van der Waals surface area contributed by atoms with E-state index < -0.39 is 5.54 Å². The number of hydrogen-bond donors (Lipinski definition) is 2. The Balaban J connectivity index is 1.42. The highest BCUT2D eigenvalue weighted by Crippen LogP contribution is 2.20. The van der Waals surface area contributed by atoms with Gasteiger partial charge >= 0.3 is 6.03 Å². The zero-order valence-electron chi connectivity index (χ0n) is 17.6. The summed E-state index contributed by atoms with van der Waals surface area (Å²) in [6.07, 6.45) is 1.27. The molecule has 1 atom stereocenters. The molecule has 29 heavy (non-hydrogen) atoms. The average molecular weight is 401 g/mol. The van der Waals surface area contributed by atoms with Crippen LogP contribution in [0.2, 0.25) is 0 Å². The van der Waals surface area contributed by atoms with Crippen LogP contribution in [0.3, 0.4) is 0 Å². The van der Waals surface area contributed by atoms with Crippen molar-refractivity contribution >= 4 is 23.6 Å². The minimum Gasteiger partial charge on any atom is -0.368 e. The maximum atomic E-state index is 12.4. The standard InChI is InChI=1S/C21H32N6O2/c1-4-21(2)18(28)27(20(29)24-21)12-8-11-23-19(22-3)26-15-13-25(14-16-26)17-9-6-5-7-10-17/h5-7,9-10H,4,8,11-16H2,1-3H3,(H,22,23)(H,24,29). The quantitative estimate of drug-likeness (QED) is 0.327. The molecule has 0 radical (unpaired) electrons. The van der Waals surface area contributed by atoms with Crippen LogP contribution in [0.15, 0.2) is 35.3 Å². The first kappa shape index (κ1) is 21.0. The number of carbonyl (C=O) groups is 2. The molecule has 2 aliphatic heterocycles. The highest BCUT2D eigenvalue weighted by atomic mass is 16.2. The van der Waals surface area contributed by atoms with E-state index in [0.29, 0.717) is 25.9 Å². The third kappa shape index (κ3) is 4.63. The Hall–Kier alpha value is -2.77. The van der Waals surface area contributed by atoms with Gasteiger partial charge in [0.25, 0.3) is 5.91 Å². The van der Waals surface area contributed by atoms with E-state index in [1.807, 2.05) is 13.0 Å². The van der Waals surface area contributed by atoms with Gasteiger partial charge in [0.15, 0.2) is 5.96 Å². The van der Waals surface area contributed by atoms with Gasteiger partial charge in [0, 0.05) is 52.0 Å². The maximum Gasteiger partial charge on any atom is 0.325 e. The second kappa shape index (κ2) is 9.15. The van der Waals surface area contributed by atoms with Crippen LogP contribution >= 0.6 is 0 Å². The predicted octanol–water partition coefficient (Wildman–Crippen LogP) is 1.49. The number of nitrogens with one attached hydrogen (secondary N) is 2. The van der Waals surface area contributed by atoms with E-state index in [0.717, 1.165) is 32.1 Å². The lowest BCUT2D eigenvalue weighted by Gasteiger charge is -2.37. The molecule has 0 bridgehead atoms. The lowest BCUT2D eigenvalue weighted by molar-refractivity contribution is -0.130. The molecule has 158 valence electrons. The van der Waals surface area contributed by atoms with Gasteiger partial charge in [-0.1, -0.05) is 25.1 Å². The highest BCUT2D eigenvalue weighted by Gasteiger charge is 2.45. The second-order valence-electron chi connectivity index (χ2n) is 7.71. The lowest BCUT2D eigenvalue weighted by atomic mass is 9.99. The van der Waals surface area contributed by atoms with Crippen molar-refractivity contribution in [3.63, 3.8) is 0 Å². The Morgan fingerprint density at radius 3 is 2.45 bits per heavy atom. The Morgan fingerprint density at radius 2 is 1.86 bits per heavy atom. The Labute approximate surface area is 172 Å². The monoisotopic (exact) mass is 400 g/mol. The van der Waals surface area contributed by atoms with E-state index in [9.17, 15) is 9.59 Å². The molecule has 1 aromatic carbocycles. The molecule has 3 rings (SSSR count). The fourth-order valence-electron chi connectivity index (χ4n) is 3.77. The molecule has 0 aromatic heterocycles. The summed E-state index contributed by atoms with van der Waals surface area (Å²) in [6, 6.07) is 10.2. The van der Waals surface area contributed by atoms with Gasteiger partial charge < -0.3 is 20.4 Å². The number of rotatable bonds is 6. The smallest absolute Gasteiger partial charge is 0.325 e. The van der Waals surface area contributed by atoms with Crippen LogP contribution in [0.1, 0.15) is 26.7 Å². The second-order valence-corrected chi connectivity index (χ2v) is 7.71. The predicted molar refractivity (Wildman–Crippen MR) is 115 cm³/mol. The molecule has 8 heteroatoms. The Kier molecular flexibility index (Phi) is 6.61. The zero-order valence-corrected chi connectivity index (χ0v) is 17.6. The summed E-state index contributed by atoms with van der Waals surface area (Å²) in [5.41, 5.74) is 0.488. The first-order chi connectivity index (χ1) is 14.0. The van der Waals surface area contributed by atoms with Gasteiger partial charge in [0.2, 0.25) is 0 Å². The summed E-state index contributed by atoms with van der Waals surface area (Å²) >= 11 is 0. The van der Waals surface area contributed by atoms with Gasteiger partial charge in [-0.2, -0.15) is 0 Å². The third-order valence-electron chi connectivity index (χ3n) is 5.81. The minimum absolute atomic E-state index is 0.133. The van der Waals surface area contributed by atoms with Gasteiger partial charge in [0.05, 0.1) is 0 Å². The van der Waals surface area contributed by atoms with E-state index in [1.54, 1.807) is 14.0 Å². The summed E-state index contributed by atoms with van der Waals surface area (Å²) in [6.45, 7) is 8.45. The summed E-state index contributed by atoms with van der Waals surface area (Å²) in [5.74, 6) is 0.736. The van der Waals surface area contributed by atoms with Crippen LogP contribution in [-0.4, -0.2) is 79.6 Å². The van der Waals surface area contributed by atoms with Gasteiger partial charge in [-0.3, -0.25) is 14.7 Å². The molecule has 2 saturated heterocycles. The molecule has 0 spiro atoms. The SMILES string of the molecule is CCC1(C)NC(=O)N(CCCNC(=NC)N2CCN(c3ccccc3)CC2)C1=O. The number of piperazine rings is 1. The molecule has 8 nitrogen and oxygen atoms in total. The van der Waals surface area contributed by atoms with Crippen molar-refractivity contribution < 1.29 is 9.59 Å². The highest BCUT2D eigenvalue weighted by molar-refractivity contribution is 6.06. The third-order valence-corrected chi connectivity index (χ3v) is 5.81. The molecule has 1 unspecified atom stereocenters. The number of guanidine groups is 1. The topological polar surface area (TPSA) is 80.3 Å². The van der Waals surface area contributed by atoms with Crippen molar-refractivity contribution in [2.45, 2.75) is 32.2 Å².